The molecule has 0 fully saturated rings. The number of hydrogen-bond acceptors (Lipinski definition) is 4. The minimum absolute atomic E-state index is 0.0349. The predicted molar refractivity (Wildman–Crippen MR) is 132 cm³/mol. The Bertz CT molecular complexity index is 1120. The van der Waals surface area contributed by atoms with Crippen LogP contribution in [0.5, 0.6) is 0 Å². The Labute approximate surface area is 209 Å². The zero-order valence-electron chi connectivity index (χ0n) is 20.3. The largest absolute Gasteiger partial charge is 0.452 e. The maximum absolute atomic E-state index is 14.0. The molecule has 0 aliphatic heterocycles. The van der Waals surface area contributed by atoms with Crippen LogP contribution in [0.4, 0.5) is 13.2 Å². The van der Waals surface area contributed by atoms with Gasteiger partial charge in [-0.15, -0.1) is 0 Å². The van der Waals surface area contributed by atoms with E-state index < -0.39 is 35.4 Å². The summed E-state index contributed by atoms with van der Waals surface area (Å²) < 4.78 is 47.0. The molecule has 0 heterocycles. The van der Waals surface area contributed by atoms with Gasteiger partial charge >= 0.3 is 5.97 Å². The van der Waals surface area contributed by atoms with Crippen molar-refractivity contribution in [1.29, 1.82) is 0 Å². The standard InChI is InChI=1S/C29H30F3NO3/c1-3-19(4-2)26(17-33-18-27(34)20-11-13-23(30)14-12-20)29(35)36-28(21-7-5-9-24(31)15-21)22-8-6-10-25(32)16-22/h5-16,19,26,28,33H,3-4,17-18H2,1-2H3. The first-order chi connectivity index (χ1) is 17.3. The van der Waals surface area contributed by atoms with Gasteiger partial charge in [0.2, 0.25) is 0 Å². The molecular weight excluding hydrogens is 467 g/mol. The number of nitrogens with one attached hydrogen (secondary N) is 1. The highest BCUT2D eigenvalue weighted by molar-refractivity contribution is 5.97. The Morgan fingerprint density at radius 2 is 1.36 bits per heavy atom. The lowest BCUT2D eigenvalue weighted by Gasteiger charge is -2.27. The van der Waals surface area contributed by atoms with E-state index in [1.54, 1.807) is 12.1 Å². The molecule has 0 aliphatic carbocycles. The van der Waals surface area contributed by atoms with E-state index in [0.717, 1.165) is 0 Å². The molecule has 0 saturated carbocycles. The number of carbonyl (C=O) groups excluding carboxylic acids is 2. The van der Waals surface area contributed by atoms with Crippen molar-refractivity contribution in [3.8, 4) is 0 Å². The van der Waals surface area contributed by atoms with Gasteiger partial charge < -0.3 is 10.1 Å². The van der Waals surface area contributed by atoms with Gasteiger partial charge in [-0.3, -0.25) is 9.59 Å². The molecule has 190 valence electrons. The molecule has 0 aromatic heterocycles. The smallest absolute Gasteiger partial charge is 0.311 e. The van der Waals surface area contributed by atoms with E-state index in [1.807, 2.05) is 13.8 Å². The van der Waals surface area contributed by atoms with Crippen molar-refractivity contribution in [1.82, 2.24) is 5.32 Å². The highest BCUT2D eigenvalue weighted by Crippen LogP contribution is 2.30. The zero-order valence-corrected chi connectivity index (χ0v) is 20.3. The van der Waals surface area contributed by atoms with Crippen LogP contribution in [-0.4, -0.2) is 24.8 Å². The normalized spacial score (nSPS) is 12.1. The van der Waals surface area contributed by atoms with Crippen LogP contribution >= 0.6 is 0 Å². The lowest BCUT2D eigenvalue weighted by molar-refractivity contribution is -0.154. The highest BCUT2D eigenvalue weighted by atomic mass is 19.1. The first-order valence-corrected chi connectivity index (χ1v) is 12.0. The summed E-state index contributed by atoms with van der Waals surface area (Å²) in [4.78, 5) is 25.9. The van der Waals surface area contributed by atoms with Crippen LogP contribution in [0, 0.1) is 29.3 Å². The van der Waals surface area contributed by atoms with Crippen LogP contribution in [0.1, 0.15) is 54.3 Å². The maximum atomic E-state index is 14.0. The fraction of sp³-hybridized carbons (Fsp3) is 0.310. The van der Waals surface area contributed by atoms with Crippen LogP contribution in [-0.2, 0) is 9.53 Å². The summed E-state index contributed by atoms with van der Waals surface area (Å²) in [5.41, 5.74) is 1.14. The number of rotatable bonds is 12. The number of carbonyl (C=O) groups is 2. The van der Waals surface area contributed by atoms with Gasteiger partial charge in [-0.05, 0) is 65.6 Å². The van der Waals surface area contributed by atoms with Gasteiger partial charge in [0.1, 0.15) is 17.5 Å². The summed E-state index contributed by atoms with van der Waals surface area (Å²) in [7, 11) is 0. The lowest BCUT2D eigenvalue weighted by Crippen LogP contribution is -2.37. The van der Waals surface area contributed by atoms with Gasteiger partial charge in [-0.1, -0.05) is 51.0 Å². The highest BCUT2D eigenvalue weighted by Gasteiger charge is 2.31. The molecule has 0 bridgehead atoms. The number of esters is 1. The number of hydrogen-bond donors (Lipinski definition) is 1. The van der Waals surface area contributed by atoms with Crippen LogP contribution in [0.2, 0.25) is 0 Å². The summed E-state index contributed by atoms with van der Waals surface area (Å²) in [5.74, 6) is -2.81. The van der Waals surface area contributed by atoms with Gasteiger partial charge in [0.25, 0.3) is 0 Å². The van der Waals surface area contributed by atoms with Crippen LogP contribution in [0.3, 0.4) is 0 Å². The molecule has 0 saturated heterocycles. The van der Waals surface area contributed by atoms with E-state index >= 15 is 0 Å². The number of Topliss-reactive ketones (excluding diaryl/α,β-unsaturated/α-hetero) is 1. The van der Waals surface area contributed by atoms with E-state index in [4.69, 9.17) is 4.74 Å². The molecule has 1 unspecified atom stereocenters. The second kappa shape index (κ2) is 13.0. The molecule has 36 heavy (non-hydrogen) atoms. The van der Waals surface area contributed by atoms with Crippen molar-refractivity contribution < 1.29 is 27.5 Å². The van der Waals surface area contributed by atoms with E-state index in [-0.39, 0.29) is 24.8 Å². The van der Waals surface area contributed by atoms with E-state index in [0.29, 0.717) is 29.5 Å². The minimum atomic E-state index is -0.999. The Kier molecular flexibility index (Phi) is 9.82. The van der Waals surface area contributed by atoms with Crippen molar-refractivity contribution in [3.63, 3.8) is 0 Å². The van der Waals surface area contributed by atoms with Gasteiger partial charge in [0, 0.05) is 12.1 Å². The molecule has 0 aliphatic rings. The topological polar surface area (TPSA) is 55.4 Å². The van der Waals surface area contributed by atoms with Gasteiger partial charge in [0.05, 0.1) is 12.5 Å². The lowest BCUT2D eigenvalue weighted by atomic mass is 9.87. The maximum Gasteiger partial charge on any atom is 0.311 e. The molecule has 3 rings (SSSR count). The molecule has 3 aromatic rings. The first-order valence-electron chi connectivity index (χ1n) is 12.0. The number of ether oxygens (including phenoxy) is 1. The van der Waals surface area contributed by atoms with Crippen LogP contribution in [0.25, 0.3) is 0 Å². The molecular formula is C29H30F3NO3. The summed E-state index contributed by atoms with van der Waals surface area (Å²) in [6, 6.07) is 16.6. The van der Waals surface area contributed by atoms with Crippen molar-refractivity contribution in [2.24, 2.45) is 11.8 Å². The zero-order chi connectivity index (χ0) is 26.1. The third-order valence-electron chi connectivity index (χ3n) is 6.27. The van der Waals surface area contributed by atoms with Crippen molar-refractivity contribution in [2.45, 2.75) is 32.8 Å². The monoisotopic (exact) mass is 497 g/mol. The van der Waals surface area contributed by atoms with Crippen LogP contribution in [0.15, 0.2) is 72.8 Å². The molecule has 7 heteroatoms. The average molecular weight is 498 g/mol. The molecule has 3 aromatic carbocycles. The summed E-state index contributed by atoms with van der Waals surface area (Å²) >= 11 is 0. The molecule has 0 radical (unpaired) electrons. The molecule has 0 spiro atoms. The van der Waals surface area contributed by atoms with Gasteiger partial charge in [0.15, 0.2) is 11.9 Å². The quantitative estimate of drug-likeness (QED) is 0.237. The van der Waals surface area contributed by atoms with Gasteiger partial charge in [-0.25, -0.2) is 13.2 Å². The summed E-state index contributed by atoms with van der Waals surface area (Å²) in [6.07, 6.45) is 0.407. The summed E-state index contributed by atoms with van der Waals surface area (Å²) in [5, 5.41) is 3.04. The Balaban J connectivity index is 1.78. The van der Waals surface area contributed by atoms with E-state index in [2.05, 4.69) is 5.32 Å². The molecule has 1 atom stereocenters. The fourth-order valence-electron chi connectivity index (χ4n) is 4.25. The number of ketones is 1. The number of benzene rings is 3. The predicted octanol–water partition coefficient (Wildman–Crippen LogP) is 6.26. The van der Waals surface area contributed by atoms with Gasteiger partial charge in [-0.2, -0.15) is 0 Å². The second-order valence-corrected chi connectivity index (χ2v) is 8.67. The van der Waals surface area contributed by atoms with E-state index in [9.17, 15) is 22.8 Å². The molecule has 0 amide bonds. The summed E-state index contributed by atoms with van der Waals surface area (Å²) in [6.45, 7) is 4.08. The Hall–Kier alpha value is -3.45. The first kappa shape index (κ1) is 27.1. The minimum Gasteiger partial charge on any atom is -0.452 e. The molecule has 4 nitrogen and oxygen atoms in total. The average Bonchev–Trinajstić information content (AvgIpc) is 2.87. The molecule has 1 N–H and O–H groups in total. The van der Waals surface area contributed by atoms with E-state index in [1.165, 1.54) is 60.7 Å². The van der Waals surface area contributed by atoms with Crippen LogP contribution < -0.4 is 5.32 Å². The fourth-order valence-corrected chi connectivity index (χ4v) is 4.25. The third-order valence-corrected chi connectivity index (χ3v) is 6.27. The third kappa shape index (κ3) is 7.28. The van der Waals surface area contributed by atoms with Crippen molar-refractivity contribution in [3.05, 3.63) is 107 Å². The Morgan fingerprint density at radius 3 is 1.86 bits per heavy atom. The van der Waals surface area contributed by atoms with Crippen molar-refractivity contribution in [2.75, 3.05) is 13.1 Å². The second-order valence-electron chi connectivity index (χ2n) is 8.67. The van der Waals surface area contributed by atoms with Crippen molar-refractivity contribution >= 4 is 11.8 Å². The SMILES string of the molecule is CCC(CC)C(CNCC(=O)c1ccc(F)cc1)C(=O)OC(c1cccc(F)c1)c1cccc(F)c1. The number of halogens is 3. The Morgan fingerprint density at radius 1 is 0.806 bits per heavy atom.